The van der Waals surface area contributed by atoms with E-state index in [1.807, 2.05) is 72.8 Å². The molecule has 0 aromatic heterocycles. The zero-order valence-corrected chi connectivity index (χ0v) is 20.1. The number of fused-ring (bicyclic) bond motifs is 1. The van der Waals surface area contributed by atoms with Crippen LogP contribution in [0.3, 0.4) is 0 Å². The molecular formula is C26H20BrClN2O3. The van der Waals surface area contributed by atoms with Gasteiger partial charge in [0.05, 0.1) is 18.9 Å². The number of nitrogens with zero attached hydrogens (tertiary/aromatic N) is 1. The van der Waals surface area contributed by atoms with Crippen molar-refractivity contribution in [1.82, 2.24) is 5.43 Å². The SMILES string of the molecule is COc1cc2ccccc2cc1C(=O)N/N=C\c1cc(Br)ccc1OCc1ccc(Cl)cc1. The second-order valence-electron chi connectivity index (χ2n) is 7.20. The second-order valence-corrected chi connectivity index (χ2v) is 8.55. The monoisotopic (exact) mass is 522 g/mol. The number of carbonyl (C=O) groups excluding carboxylic acids is 1. The van der Waals surface area contributed by atoms with E-state index in [2.05, 4.69) is 26.5 Å². The Labute approximate surface area is 205 Å². The topological polar surface area (TPSA) is 59.9 Å². The van der Waals surface area contributed by atoms with Gasteiger partial charge in [-0.15, -0.1) is 0 Å². The number of hydrogen-bond acceptors (Lipinski definition) is 4. The molecule has 0 fully saturated rings. The molecule has 1 N–H and O–H groups in total. The Bertz CT molecular complexity index is 1320. The fourth-order valence-electron chi connectivity index (χ4n) is 3.28. The van der Waals surface area contributed by atoms with E-state index >= 15 is 0 Å². The molecule has 5 nitrogen and oxygen atoms in total. The van der Waals surface area contributed by atoms with E-state index in [4.69, 9.17) is 21.1 Å². The number of rotatable bonds is 7. The predicted octanol–water partition coefficient (Wildman–Crippen LogP) is 6.61. The normalized spacial score (nSPS) is 11.0. The number of benzene rings is 4. The lowest BCUT2D eigenvalue weighted by molar-refractivity contribution is 0.0952. The van der Waals surface area contributed by atoms with E-state index in [1.165, 1.54) is 7.11 Å². The molecule has 0 aliphatic carbocycles. The van der Waals surface area contributed by atoms with Crippen molar-refractivity contribution in [3.8, 4) is 11.5 Å². The summed E-state index contributed by atoms with van der Waals surface area (Å²) in [5.74, 6) is 0.748. The lowest BCUT2D eigenvalue weighted by Gasteiger charge is -2.10. The van der Waals surface area contributed by atoms with E-state index in [0.29, 0.717) is 34.3 Å². The molecule has 4 rings (SSSR count). The maximum absolute atomic E-state index is 12.8. The molecule has 0 radical (unpaired) electrons. The molecule has 0 saturated carbocycles. The first-order valence-corrected chi connectivity index (χ1v) is 11.3. The molecule has 4 aromatic carbocycles. The number of hydrogen-bond donors (Lipinski definition) is 1. The summed E-state index contributed by atoms with van der Waals surface area (Å²) >= 11 is 9.40. The maximum Gasteiger partial charge on any atom is 0.275 e. The molecule has 0 aliphatic heterocycles. The smallest absolute Gasteiger partial charge is 0.275 e. The van der Waals surface area contributed by atoms with Crippen molar-refractivity contribution in [1.29, 1.82) is 0 Å². The number of methoxy groups -OCH3 is 1. The average molecular weight is 524 g/mol. The Hall–Kier alpha value is -3.35. The molecule has 0 heterocycles. The van der Waals surface area contributed by atoms with Gasteiger partial charge in [0, 0.05) is 15.1 Å². The molecule has 1 amide bonds. The van der Waals surface area contributed by atoms with Crippen LogP contribution in [0.25, 0.3) is 10.8 Å². The molecule has 4 aromatic rings. The van der Waals surface area contributed by atoms with Crippen molar-refractivity contribution in [2.45, 2.75) is 6.61 Å². The van der Waals surface area contributed by atoms with Gasteiger partial charge in [-0.05, 0) is 58.8 Å². The minimum Gasteiger partial charge on any atom is -0.496 e. The van der Waals surface area contributed by atoms with Gasteiger partial charge in [0.25, 0.3) is 5.91 Å². The Morgan fingerprint density at radius 1 is 1.00 bits per heavy atom. The van der Waals surface area contributed by atoms with Crippen molar-refractivity contribution >= 4 is 50.4 Å². The van der Waals surface area contributed by atoms with E-state index < -0.39 is 0 Å². The number of nitrogens with one attached hydrogen (secondary N) is 1. The molecule has 33 heavy (non-hydrogen) atoms. The molecule has 0 unspecified atom stereocenters. The zero-order valence-electron chi connectivity index (χ0n) is 17.7. The van der Waals surface area contributed by atoms with Crippen LogP contribution in [0, 0.1) is 0 Å². The standard InChI is InChI=1S/C26H20BrClN2O3/c1-32-25-14-19-5-3-2-4-18(19)13-23(25)26(31)30-29-15-20-12-21(27)8-11-24(20)33-16-17-6-9-22(28)10-7-17/h2-15H,16H2,1H3,(H,30,31)/b29-15-. The van der Waals surface area contributed by atoms with Gasteiger partial charge in [-0.2, -0.15) is 5.10 Å². The van der Waals surface area contributed by atoms with Crippen LogP contribution in [0.2, 0.25) is 5.02 Å². The number of amides is 1. The summed E-state index contributed by atoms with van der Waals surface area (Å²) in [7, 11) is 1.54. The fraction of sp³-hybridized carbons (Fsp3) is 0.0769. The highest BCUT2D eigenvalue weighted by molar-refractivity contribution is 9.10. The van der Waals surface area contributed by atoms with Gasteiger partial charge in [0.2, 0.25) is 0 Å². The summed E-state index contributed by atoms with van der Waals surface area (Å²) in [6.45, 7) is 0.375. The quantitative estimate of drug-likeness (QED) is 0.219. The number of hydrazone groups is 1. The molecular weight excluding hydrogens is 504 g/mol. The van der Waals surface area contributed by atoms with Crippen molar-refractivity contribution in [2.75, 3.05) is 7.11 Å². The number of ether oxygens (including phenoxy) is 2. The Balaban J connectivity index is 1.50. The molecule has 0 aliphatic rings. The highest BCUT2D eigenvalue weighted by Crippen LogP contribution is 2.26. The highest BCUT2D eigenvalue weighted by atomic mass is 79.9. The van der Waals surface area contributed by atoms with Crippen LogP contribution in [0.5, 0.6) is 11.5 Å². The van der Waals surface area contributed by atoms with Crippen molar-refractivity contribution in [3.05, 3.63) is 105 Å². The van der Waals surface area contributed by atoms with Crippen LogP contribution < -0.4 is 14.9 Å². The minimum absolute atomic E-state index is 0.368. The third-order valence-corrected chi connectivity index (χ3v) is 5.71. The van der Waals surface area contributed by atoms with E-state index in [-0.39, 0.29) is 5.91 Å². The third kappa shape index (κ3) is 5.72. The highest BCUT2D eigenvalue weighted by Gasteiger charge is 2.13. The van der Waals surface area contributed by atoms with Crippen LogP contribution in [-0.4, -0.2) is 19.2 Å². The van der Waals surface area contributed by atoms with Crippen molar-refractivity contribution in [2.24, 2.45) is 5.10 Å². The van der Waals surface area contributed by atoms with Gasteiger partial charge in [0.15, 0.2) is 0 Å². The summed E-state index contributed by atoms with van der Waals surface area (Å²) in [5, 5.41) is 6.75. The van der Waals surface area contributed by atoms with Crippen LogP contribution in [0.15, 0.2) is 88.4 Å². The molecule has 7 heteroatoms. The second kappa shape index (κ2) is 10.5. The van der Waals surface area contributed by atoms with Crippen molar-refractivity contribution in [3.63, 3.8) is 0 Å². The maximum atomic E-state index is 12.8. The van der Waals surface area contributed by atoms with Gasteiger partial charge in [0.1, 0.15) is 18.1 Å². The first-order chi connectivity index (χ1) is 16.0. The predicted molar refractivity (Wildman–Crippen MR) is 135 cm³/mol. The number of carbonyl (C=O) groups is 1. The summed E-state index contributed by atoms with van der Waals surface area (Å²) in [6, 6.07) is 24.5. The fourth-order valence-corrected chi connectivity index (χ4v) is 3.78. The van der Waals surface area contributed by atoms with Gasteiger partial charge in [-0.25, -0.2) is 5.43 Å². The third-order valence-electron chi connectivity index (χ3n) is 4.96. The summed E-state index contributed by atoms with van der Waals surface area (Å²) in [6.07, 6.45) is 1.55. The largest absolute Gasteiger partial charge is 0.496 e. The average Bonchev–Trinajstić information content (AvgIpc) is 2.83. The summed E-state index contributed by atoms with van der Waals surface area (Å²) < 4.78 is 12.2. The van der Waals surface area contributed by atoms with E-state index in [0.717, 1.165) is 20.8 Å². The van der Waals surface area contributed by atoms with Crippen LogP contribution in [-0.2, 0) is 6.61 Å². The van der Waals surface area contributed by atoms with E-state index in [9.17, 15) is 4.79 Å². The minimum atomic E-state index is -0.368. The van der Waals surface area contributed by atoms with Crippen LogP contribution in [0.4, 0.5) is 0 Å². The lowest BCUT2D eigenvalue weighted by atomic mass is 10.1. The summed E-state index contributed by atoms with van der Waals surface area (Å²) in [4.78, 5) is 12.8. The van der Waals surface area contributed by atoms with Crippen LogP contribution in [0.1, 0.15) is 21.5 Å². The van der Waals surface area contributed by atoms with Crippen LogP contribution >= 0.6 is 27.5 Å². The van der Waals surface area contributed by atoms with Crippen molar-refractivity contribution < 1.29 is 14.3 Å². The lowest BCUT2D eigenvalue weighted by Crippen LogP contribution is -2.18. The Morgan fingerprint density at radius 3 is 2.45 bits per heavy atom. The van der Waals surface area contributed by atoms with Gasteiger partial charge >= 0.3 is 0 Å². The Morgan fingerprint density at radius 2 is 1.73 bits per heavy atom. The first-order valence-electron chi connectivity index (χ1n) is 10.1. The first kappa shape index (κ1) is 22.8. The molecule has 0 atom stereocenters. The molecule has 0 saturated heterocycles. The molecule has 166 valence electrons. The zero-order chi connectivity index (χ0) is 23.2. The molecule has 0 spiro atoms. The van der Waals surface area contributed by atoms with Gasteiger partial charge < -0.3 is 9.47 Å². The Kier molecular flexibility index (Phi) is 7.27. The molecule has 0 bridgehead atoms. The van der Waals surface area contributed by atoms with E-state index in [1.54, 1.807) is 12.3 Å². The summed E-state index contributed by atoms with van der Waals surface area (Å²) in [5.41, 5.74) is 4.68. The van der Waals surface area contributed by atoms with Gasteiger partial charge in [-0.1, -0.05) is 63.9 Å². The number of halogens is 2. The van der Waals surface area contributed by atoms with Gasteiger partial charge in [-0.3, -0.25) is 4.79 Å².